The first kappa shape index (κ1) is 11.3. The highest BCUT2D eigenvalue weighted by molar-refractivity contribution is 5.47. The molecule has 5 nitrogen and oxygen atoms in total. The van der Waals surface area contributed by atoms with Gasteiger partial charge in [-0.25, -0.2) is 9.37 Å². The second-order valence-electron chi connectivity index (χ2n) is 4.52. The lowest BCUT2D eigenvalue weighted by atomic mass is 10.0. The van der Waals surface area contributed by atoms with Crippen LogP contribution < -0.4 is 5.32 Å². The Labute approximate surface area is 103 Å². The zero-order valence-corrected chi connectivity index (χ0v) is 9.93. The Morgan fingerprint density at radius 3 is 3.00 bits per heavy atom. The lowest BCUT2D eigenvalue weighted by Gasteiger charge is -2.08. The molecule has 1 fully saturated rings. The molecule has 2 aromatic rings. The maximum absolute atomic E-state index is 12.8. The van der Waals surface area contributed by atoms with Crippen LogP contribution in [0.2, 0.25) is 0 Å². The summed E-state index contributed by atoms with van der Waals surface area (Å²) in [5, 5.41) is 7.20. The maximum atomic E-state index is 12.8. The van der Waals surface area contributed by atoms with Gasteiger partial charge in [0.2, 0.25) is 11.7 Å². The van der Waals surface area contributed by atoms with Gasteiger partial charge in [0.1, 0.15) is 11.5 Å². The Morgan fingerprint density at radius 1 is 1.44 bits per heavy atom. The number of hydrogen-bond acceptors (Lipinski definition) is 5. The molecule has 2 aromatic heterocycles. The SMILES string of the molecule is CC1CCNC1c1nc(-c2ccc(F)cn2)no1. The number of pyridine rings is 1. The summed E-state index contributed by atoms with van der Waals surface area (Å²) in [6.07, 6.45) is 2.24. The largest absolute Gasteiger partial charge is 0.337 e. The van der Waals surface area contributed by atoms with Crippen molar-refractivity contribution in [3.05, 3.63) is 30.0 Å². The molecule has 1 aliphatic heterocycles. The van der Waals surface area contributed by atoms with Crippen LogP contribution in [0, 0.1) is 11.7 Å². The van der Waals surface area contributed by atoms with Gasteiger partial charge in [-0.3, -0.25) is 0 Å². The van der Waals surface area contributed by atoms with E-state index >= 15 is 0 Å². The molecule has 1 saturated heterocycles. The monoisotopic (exact) mass is 248 g/mol. The molecule has 0 aliphatic carbocycles. The second-order valence-corrected chi connectivity index (χ2v) is 4.52. The minimum absolute atomic E-state index is 0.103. The van der Waals surface area contributed by atoms with Gasteiger partial charge in [0.05, 0.1) is 12.2 Å². The molecule has 3 rings (SSSR count). The van der Waals surface area contributed by atoms with Gasteiger partial charge >= 0.3 is 0 Å². The standard InChI is InChI=1S/C12H13FN4O/c1-7-4-5-14-10(7)12-16-11(17-18-12)9-3-2-8(13)6-15-9/h2-3,6-7,10,14H,4-5H2,1H3. The lowest BCUT2D eigenvalue weighted by Crippen LogP contribution is -2.16. The maximum Gasteiger partial charge on any atom is 0.244 e. The fourth-order valence-corrected chi connectivity index (χ4v) is 2.14. The van der Waals surface area contributed by atoms with Gasteiger partial charge < -0.3 is 9.84 Å². The number of nitrogens with zero attached hydrogens (tertiary/aromatic N) is 3. The summed E-state index contributed by atoms with van der Waals surface area (Å²) >= 11 is 0. The summed E-state index contributed by atoms with van der Waals surface area (Å²) in [6, 6.07) is 2.97. The van der Waals surface area contributed by atoms with Gasteiger partial charge in [-0.05, 0) is 31.0 Å². The van der Waals surface area contributed by atoms with E-state index in [1.807, 2.05) is 0 Å². The Bertz CT molecular complexity index is 539. The molecule has 94 valence electrons. The third kappa shape index (κ3) is 1.99. The van der Waals surface area contributed by atoms with Crippen molar-refractivity contribution in [1.29, 1.82) is 0 Å². The number of rotatable bonds is 2. The van der Waals surface area contributed by atoms with Crippen LogP contribution in [0.25, 0.3) is 11.5 Å². The summed E-state index contributed by atoms with van der Waals surface area (Å²) in [5.74, 6) is 1.06. The van der Waals surface area contributed by atoms with Crippen molar-refractivity contribution in [2.75, 3.05) is 6.54 Å². The molecule has 1 aliphatic rings. The van der Waals surface area contributed by atoms with Gasteiger partial charge in [0.25, 0.3) is 0 Å². The fraction of sp³-hybridized carbons (Fsp3) is 0.417. The van der Waals surface area contributed by atoms with Crippen LogP contribution in [-0.2, 0) is 0 Å². The molecule has 1 N–H and O–H groups in total. The van der Waals surface area contributed by atoms with Gasteiger partial charge in [0, 0.05) is 0 Å². The van der Waals surface area contributed by atoms with E-state index in [9.17, 15) is 4.39 Å². The molecule has 2 unspecified atom stereocenters. The van der Waals surface area contributed by atoms with Gasteiger partial charge in [-0.15, -0.1) is 0 Å². The average Bonchev–Trinajstić information content (AvgIpc) is 2.98. The summed E-state index contributed by atoms with van der Waals surface area (Å²) in [6.45, 7) is 3.10. The normalized spacial score (nSPS) is 23.4. The van der Waals surface area contributed by atoms with Crippen molar-refractivity contribution in [2.24, 2.45) is 5.92 Å². The molecule has 0 radical (unpaired) electrons. The average molecular weight is 248 g/mol. The quantitative estimate of drug-likeness (QED) is 0.879. The van der Waals surface area contributed by atoms with Gasteiger partial charge in [-0.1, -0.05) is 12.1 Å². The second kappa shape index (κ2) is 4.45. The summed E-state index contributed by atoms with van der Waals surface area (Å²) in [4.78, 5) is 8.24. The highest BCUT2D eigenvalue weighted by atomic mass is 19.1. The Morgan fingerprint density at radius 2 is 2.33 bits per heavy atom. The van der Waals surface area contributed by atoms with Gasteiger partial charge in [-0.2, -0.15) is 4.98 Å². The number of halogens is 1. The minimum atomic E-state index is -0.381. The predicted octanol–water partition coefficient (Wildman–Crippen LogP) is 1.94. The number of aromatic nitrogens is 3. The van der Waals surface area contributed by atoms with E-state index in [0.29, 0.717) is 23.3 Å². The fourth-order valence-electron chi connectivity index (χ4n) is 2.14. The van der Waals surface area contributed by atoms with E-state index in [2.05, 4.69) is 27.4 Å². The molecule has 2 atom stereocenters. The zero-order valence-electron chi connectivity index (χ0n) is 9.93. The van der Waals surface area contributed by atoms with Crippen molar-refractivity contribution < 1.29 is 8.91 Å². The lowest BCUT2D eigenvalue weighted by molar-refractivity contribution is 0.319. The molecule has 0 amide bonds. The van der Waals surface area contributed by atoms with Crippen molar-refractivity contribution in [2.45, 2.75) is 19.4 Å². The molecule has 3 heterocycles. The Kier molecular flexibility index (Phi) is 2.79. The summed E-state index contributed by atoms with van der Waals surface area (Å²) in [7, 11) is 0. The first-order valence-corrected chi connectivity index (χ1v) is 5.93. The molecule has 0 bridgehead atoms. The highest BCUT2D eigenvalue weighted by Crippen LogP contribution is 2.28. The molecular weight excluding hydrogens is 235 g/mol. The van der Waals surface area contributed by atoms with E-state index in [0.717, 1.165) is 19.2 Å². The minimum Gasteiger partial charge on any atom is -0.337 e. The number of hydrogen-bond donors (Lipinski definition) is 1. The van der Waals surface area contributed by atoms with E-state index in [1.54, 1.807) is 0 Å². The molecule has 6 heteroatoms. The molecule has 18 heavy (non-hydrogen) atoms. The predicted molar refractivity (Wildman–Crippen MR) is 62.0 cm³/mol. The van der Waals surface area contributed by atoms with Crippen molar-refractivity contribution in [3.8, 4) is 11.5 Å². The van der Waals surface area contributed by atoms with E-state index in [4.69, 9.17) is 4.52 Å². The Balaban J connectivity index is 1.87. The number of nitrogens with one attached hydrogen (secondary N) is 1. The third-order valence-corrected chi connectivity index (χ3v) is 3.20. The van der Waals surface area contributed by atoms with Crippen LogP contribution in [-0.4, -0.2) is 21.7 Å². The zero-order chi connectivity index (χ0) is 12.5. The van der Waals surface area contributed by atoms with E-state index in [1.165, 1.54) is 12.1 Å². The van der Waals surface area contributed by atoms with Crippen molar-refractivity contribution in [3.63, 3.8) is 0 Å². The van der Waals surface area contributed by atoms with Crippen LogP contribution in [0.1, 0.15) is 25.3 Å². The first-order chi connectivity index (χ1) is 8.74. The van der Waals surface area contributed by atoms with Crippen LogP contribution in [0.5, 0.6) is 0 Å². The Hall–Kier alpha value is -1.82. The van der Waals surface area contributed by atoms with Crippen LogP contribution in [0.15, 0.2) is 22.9 Å². The van der Waals surface area contributed by atoms with Crippen molar-refractivity contribution >= 4 is 0 Å². The third-order valence-electron chi connectivity index (χ3n) is 3.20. The van der Waals surface area contributed by atoms with E-state index in [-0.39, 0.29) is 11.9 Å². The van der Waals surface area contributed by atoms with Crippen LogP contribution >= 0.6 is 0 Å². The smallest absolute Gasteiger partial charge is 0.244 e. The summed E-state index contributed by atoms with van der Waals surface area (Å²) < 4.78 is 18.0. The molecule has 0 spiro atoms. The molecular formula is C12H13FN4O. The topological polar surface area (TPSA) is 63.8 Å². The van der Waals surface area contributed by atoms with Crippen LogP contribution in [0.4, 0.5) is 4.39 Å². The summed E-state index contributed by atoms with van der Waals surface area (Å²) in [5.41, 5.74) is 0.511. The first-order valence-electron chi connectivity index (χ1n) is 5.93. The van der Waals surface area contributed by atoms with Crippen LogP contribution in [0.3, 0.4) is 0 Å². The molecule has 0 aromatic carbocycles. The van der Waals surface area contributed by atoms with E-state index < -0.39 is 0 Å². The van der Waals surface area contributed by atoms with Crippen molar-refractivity contribution in [1.82, 2.24) is 20.4 Å². The highest BCUT2D eigenvalue weighted by Gasteiger charge is 2.29. The van der Waals surface area contributed by atoms with Gasteiger partial charge in [0.15, 0.2) is 0 Å². The molecule has 0 saturated carbocycles.